The lowest BCUT2D eigenvalue weighted by molar-refractivity contribution is -0.114. The molecule has 0 aliphatic heterocycles. The average molecular weight is 426 g/mol. The van der Waals surface area contributed by atoms with Crippen molar-refractivity contribution in [3.63, 3.8) is 0 Å². The highest BCUT2D eigenvalue weighted by atomic mass is 19.1. The van der Waals surface area contributed by atoms with Gasteiger partial charge in [0.2, 0.25) is 11.6 Å². The molecule has 164 valence electrons. The molecule has 0 saturated carbocycles. The van der Waals surface area contributed by atoms with E-state index in [1.54, 1.807) is 12.1 Å². The first kappa shape index (κ1) is 22.5. The summed E-state index contributed by atoms with van der Waals surface area (Å²) in [5, 5.41) is 12.7. The van der Waals surface area contributed by atoms with Crippen LogP contribution in [0.25, 0.3) is 0 Å². The minimum atomic E-state index is -0.741. The largest absolute Gasteiger partial charge is 0.364 e. The van der Waals surface area contributed by atoms with Crippen LogP contribution in [0.1, 0.15) is 78.8 Å². The van der Waals surface area contributed by atoms with Gasteiger partial charge in [-0.05, 0) is 66.1 Å². The number of benzene rings is 1. The predicted molar refractivity (Wildman–Crippen MR) is 114 cm³/mol. The quantitative estimate of drug-likeness (QED) is 0.241. The maximum atomic E-state index is 13.4. The zero-order valence-electron chi connectivity index (χ0n) is 17.7. The molecule has 8 heteroatoms. The zero-order valence-corrected chi connectivity index (χ0v) is 17.7. The van der Waals surface area contributed by atoms with E-state index in [9.17, 15) is 14.0 Å². The molecule has 1 aromatic carbocycles. The number of halogens is 1. The molecule has 0 amide bonds. The van der Waals surface area contributed by atoms with Crippen molar-refractivity contribution in [2.45, 2.75) is 64.2 Å². The highest BCUT2D eigenvalue weighted by Gasteiger charge is 2.24. The van der Waals surface area contributed by atoms with E-state index in [-0.39, 0.29) is 18.1 Å². The summed E-state index contributed by atoms with van der Waals surface area (Å²) in [6.45, 7) is 2.16. The first-order chi connectivity index (χ1) is 15.1. The smallest absolute Gasteiger partial charge is 0.269 e. The fourth-order valence-corrected chi connectivity index (χ4v) is 3.89. The van der Waals surface area contributed by atoms with Gasteiger partial charge in [-0.3, -0.25) is 9.59 Å². The first-order valence-corrected chi connectivity index (χ1v) is 10.8. The van der Waals surface area contributed by atoms with Crippen molar-refractivity contribution in [3.05, 3.63) is 65.0 Å². The van der Waals surface area contributed by atoms with E-state index in [2.05, 4.69) is 32.5 Å². The second-order valence-corrected chi connectivity index (χ2v) is 7.79. The number of aryl methyl sites for hydroxylation is 1. The molecule has 0 aliphatic carbocycles. The number of ketones is 2. The van der Waals surface area contributed by atoms with Crippen LogP contribution in [0.2, 0.25) is 0 Å². The Hall–Kier alpha value is -3.16. The van der Waals surface area contributed by atoms with Crippen LogP contribution in [0.15, 0.2) is 36.5 Å². The van der Waals surface area contributed by atoms with Crippen LogP contribution in [0.3, 0.4) is 0 Å². The van der Waals surface area contributed by atoms with Crippen molar-refractivity contribution in [1.29, 1.82) is 0 Å². The third kappa shape index (κ3) is 6.41. The molecule has 0 spiro atoms. The number of aromatic nitrogens is 5. The number of carbonyl (C=O) groups excluding carboxylic acids is 2. The molecule has 31 heavy (non-hydrogen) atoms. The van der Waals surface area contributed by atoms with Gasteiger partial charge in [0.1, 0.15) is 5.82 Å². The van der Waals surface area contributed by atoms with Crippen LogP contribution in [0.5, 0.6) is 0 Å². The summed E-state index contributed by atoms with van der Waals surface area (Å²) in [5.41, 5.74) is 2.87. The first-order valence-electron chi connectivity index (χ1n) is 10.8. The molecule has 0 fully saturated rings. The molecule has 0 bridgehead atoms. The lowest BCUT2D eigenvalue weighted by atomic mass is 9.87. The summed E-state index contributed by atoms with van der Waals surface area (Å²) in [6, 6.07) is 8.75. The summed E-state index contributed by atoms with van der Waals surface area (Å²) in [6.07, 6.45) is 8.82. The van der Waals surface area contributed by atoms with Gasteiger partial charge in [-0.1, -0.05) is 38.3 Å². The molecule has 2 aromatic heterocycles. The fourth-order valence-electron chi connectivity index (χ4n) is 3.89. The van der Waals surface area contributed by atoms with Crippen molar-refractivity contribution in [1.82, 2.24) is 25.6 Å². The number of carbonyl (C=O) groups is 2. The maximum Gasteiger partial charge on any atom is 0.269 e. The Bertz CT molecular complexity index is 984. The molecule has 2 N–H and O–H groups in total. The van der Waals surface area contributed by atoms with Crippen molar-refractivity contribution in [3.8, 4) is 0 Å². The van der Waals surface area contributed by atoms with Gasteiger partial charge in [0.05, 0.1) is 6.42 Å². The molecule has 0 aliphatic rings. The van der Waals surface area contributed by atoms with E-state index >= 15 is 0 Å². The Balaban J connectivity index is 1.60. The Morgan fingerprint density at radius 1 is 1.13 bits per heavy atom. The van der Waals surface area contributed by atoms with Gasteiger partial charge in [-0.15, -0.1) is 10.2 Å². The van der Waals surface area contributed by atoms with Gasteiger partial charge in [-0.2, -0.15) is 5.21 Å². The number of unbranched alkanes of at least 4 members (excludes halogenated alkanes) is 2. The summed E-state index contributed by atoms with van der Waals surface area (Å²) in [7, 11) is 0. The molecule has 1 unspecified atom stereocenters. The van der Waals surface area contributed by atoms with Gasteiger partial charge < -0.3 is 4.98 Å². The second-order valence-electron chi connectivity index (χ2n) is 7.79. The molecule has 2 heterocycles. The molecule has 3 rings (SSSR count). The van der Waals surface area contributed by atoms with Crippen molar-refractivity contribution in [2.24, 2.45) is 0 Å². The van der Waals surface area contributed by atoms with Crippen LogP contribution < -0.4 is 0 Å². The number of tetrazole rings is 1. The zero-order chi connectivity index (χ0) is 22.1. The number of rotatable bonds is 13. The molecule has 0 saturated heterocycles. The van der Waals surface area contributed by atoms with Crippen LogP contribution in [0, 0.1) is 5.82 Å². The van der Waals surface area contributed by atoms with E-state index in [1.165, 1.54) is 6.07 Å². The van der Waals surface area contributed by atoms with Gasteiger partial charge in [0.15, 0.2) is 0 Å². The Morgan fingerprint density at radius 2 is 1.97 bits per heavy atom. The van der Waals surface area contributed by atoms with Crippen LogP contribution >= 0.6 is 0 Å². The van der Waals surface area contributed by atoms with Gasteiger partial charge in [-0.25, -0.2) is 4.39 Å². The van der Waals surface area contributed by atoms with E-state index in [4.69, 9.17) is 0 Å². The number of hydrogen-bond acceptors (Lipinski definition) is 5. The standard InChI is InChI=1S/C23H28FN5O2/c1-2-3-9-17(10-5-4-7-16-8-6-11-18(24)14-16)19-12-13-25-20(19)15-21(30)22(31)23-26-28-29-27-23/h6,8,11-14,17,25H,2-5,7,9-10,15H2,1H3,(H,26,27,28,29). The number of nitrogens with zero attached hydrogens (tertiary/aromatic N) is 3. The minimum Gasteiger partial charge on any atom is -0.364 e. The van der Waals surface area contributed by atoms with Crippen molar-refractivity contribution in [2.75, 3.05) is 0 Å². The van der Waals surface area contributed by atoms with Gasteiger partial charge in [0, 0.05) is 11.9 Å². The van der Waals surface area contributed by atoms with Crippen molar-refractivity contribution < 1.29 is 14.0 Å². The number of aromatic amines is 2. The summed E-state index contributed by atoms with van der Waals surface area (Å²) in [4.78, 5) is 27.7. The van der Waals surface area contributed by atoms with E-state index in [1.807, 2.05) is 18.3 Å². The maximum absolute atomic E-state index is 13.4. The van der Waals surface area contributed by atoms with E-state index in [0.29, 0.717) is 5.92 Å². The number of nitrogens with one attached hydrogen (secondary N) is 2. The van der Waals surface area contributed by atoms with Gasteiger partial charge in [0.25, 0.3) is 5.78 Å². The van der Waals surface area contributed by atoms with Crippen LogP contribution in [-0.4, -0.2) is 37.2 Å². The highest BCUT2D eigenvalue weighted by molar-refractivity contribution is 6.43. The average Bonchev–Trinajstić information content (AvgIpc) is 3.45. The van der Waals surface area contributed by atoms with Crippen LogP contribution in [-0.2, 0) is 17.6 Å². The van der Waals surface area contributed by atoms with Crippen molar-refractivity contribution >= 4 is 11.6 Å². The summed E-state index contributed by atoms with van der Waals surface area (Å²) >= 11 is 0. The minimum absolute atomic E-state index is 0.0123. The SMILES string of the molecule is CCCCC(CCCCc1cccc(F)c1)c1cc[nH]c1CC(=O)C(=O)c1nn[nH]n1. The number of Topliss-reactive ketones (excluding diaryl/α,β-unsaturated/α-hetero) is 2. The van der Waals surface area contributed by atoms with E-state index < -0.39 is 11.6 Å². The van der Waals surface area contributed by atoms with Gasteiger partial charge >= 0.3 is 0 Å². The molecule has 0 radical (unpaired) electrons. The third-order valence-corrected chi connectivity index (χ3v) is 5.51. The lowest BCUT2D eigenvalue weighted by Gasteiger charge is -2.18. The number of hydrogen-bond donors (Lipinski definition) is 2. The monoisotopic (exact) mass is 425 g/mol. The lowest BCUT2D eigenvalue weighted by Crippen LogP contribution is -2.19. The second kappa shape index (κ2) is 11.3. The molecule has 3 aromatic rings. The normalized spacial score (nSPS) is 12.1. The topological polar surface area (TPSA) is 104 Å². The Kier molecular flexibility index (Phi) is 8.20. The third-order valence-electron chi connectivity index (χ3n) is 5.51. The highest BCUT2D eigenvalue weighted by Crippen LogP contribution is 2.30. The van der Waals surface area contributed by atoms with Crippen LogP contribution in [0.4, 0.5) is 4.39 Å². The summed E-state index contributed by atoms with van der Waals surface area (Å²) in [5.74, 6) is -1.41. The molecule has 7 nitrogen and oxygen atoms in total. The molecule has 1 atom stereocenters. The van der Waals surface area contributed by atoms with E-state index in [0.717, 1.165) is 61.8 Å². The predicted octanol–water partition coefficient (Wildman–Crippen LogP) is 4.35. The fraction of sp³-hybridized carbons (Fsp3) is 0.435. The Labute approximate surface area is 180 Å². The molecular formula is C23H28FN5O2. The number of H-pyrrole nitrogens is 2. The summed E-state index contributed by atoms with van der Waals surface area (Å²) < 4.78 is 13.4. The Morgan fingerprint density at radius 3 is 2.71 bits per heavy atom. The molecular weight excluding hydrogens is 397 g/mol.